The molecule has 0 atom stereocenters. The molecule has 0 N–H and O–H groups in total. The standard InChI is InChI=1S/C19H19N3O2/c1-2-6-15(7-3-1)12-18-20-19(24-21-18)14-22-10-11-23-17-9-5-4-8-16(17)13-22/h1-9H,10-14H2. The zero-order valence-electron chi connectivity index (χ0n) is 13.4. The molecule has 2 aromatic carbocycles. The Balaban J connectivity index is 1.42. The molecule has 0 aliphatic carbocycles. The molecular weight excluding hydrogens is 302 g/mol. The molecule has 122 valence electrons. The van der Waals surface area contributed by atoms with Crippen LogP contribution in [-0.4, -0.2) is 28.2 Å². The van der Waals surface area contributed by atoms with Crippen molar-refractivity contribution in [3.8, 4) is 5.75 Å². The SMILES string of the molecule is c1ccc(Cc2noc(CN3CCOc4ccccc4C3)n2)cc1. The summed E-state index contributed by atoms with van der Waals surface area (Å²) in [4.78, 5) is 6.80. The van der Waals surface area contributed by atoms with Crippen molar-refractivity contribution in [3.05, 3.63) is 77.4 Å². The number of benzene rings is 2. The molecule has 1 aliphatic heterocycles. The number of hydrogen-bond acceptors (Lipinski definition) is 5. The first-order valence-electron chi connectivity index (χ1n) is 8.15. The smallest absolute Gasteiger partial charge is 0.240 e. The highest BCUT2D eigenvalue weighted by Gasteiger charge is 2.17. The maximum Gasteiger partial charge on any atom is 0.240 e. The van der Waals surface area contributed by atoms with E-state index in [-0.39, 0.29) is 0 Å². The van der Waals surface area contributed by atoms with Crippen molar-refractivity contribution >= 4 is 0 Å². The summed E-state index contributed by atoms with van der Waals surface area (Å²) in [6, 6.07) is 18.3. The highest BCUT2D eigenvalue weighted by Crippen LogP contribution is 2.23. The zero-order chi connectivity index (χ0) is 16.2. The molecule has 3 aromatic rings. The van der Waals surface area contributed by atoms with Gasteiger partial charge in [0, 0.05) is 25.1 Å². The van der Waals surface area contributed by atoms with E-state index in [1.807, 2.05) is 36.4 Å². The van der Waals surface area contributed by atoms with Crippen LogP contribution in [0, 0.1) is 0 Å². The van der Waals surface area contributed by atoms with Gasteiger partial charge in [-0.3, -0.25) is 4.90 Å². The van der Waals surface area contributed by atoms with Crippen LogP contribution in [-0.2, 0) is 19.5 Å². The number of hydrogen-bond donors (Lipinski definition) is 0. The van der Waals surface area contributed by atoms with Gasteiger partial charge in [0.25, 0.3) is 0 Å². The number of rotatable bonds is 4. The highest BCUT2D eigenvalue weighted by atomic mass is 16.5. The van der Waals surface area contributed by atoms with Crippen LogP contribution in [0.4, 0.5) is 0 Å². The van der Waals surface area contributed by atoms with Crippen LogP contribution in [0.25, 0.3) is 0 Å². The molecular formula is C19H19N3O2. The molecule has 0 saturated carbocycles. The fourth-order valence-corrected chi connectivity index (χ4v) is 2.91. The van der Waals surface area contributed by atoms with E-state index >= 15 is 0 Å². The Hall–Kier alpha value is -2.66. The quantitative estimate of drug-likeness (QED) is 0.739. The van der Waals surface area contributed by atoms with Crippen LogP contribution >= 0.6 is 0 Å². The van der Waals surface area contributed by atoms with E-state index in [9.17, 15) is 0 Å². The number of para-hydroxylation sites is 1. The monoisotopic (exact) mass is 321 g/mol. The van der Waals surface area contributed by atoms with Gasteiger partial charge in [-0.25, -0.2) is 0 Å². The number of aromatic nitrogens is 2. The number of nitrogens with zero attached hydrogens (tertiary/aromatic N) is 3. The van der Waals surface area contributed by atoms with Crippen LogP contribution in [0.2, 0.25) is 0 Å². The summed E-state index contributed by atoms with van der Waals surface area (Å²) in [5.41, 5.74) is 2.38. The van der Waals surface area contributed by atoms with Crippen molar-refractivity contribution in [2.75, 3.05) is 13.2 Å². The lowest BCUT2D eigenvalue weighted by Crippen LogP contribution is -2.25. The van der Waals surface area contributed by atoms with E-state index in [2.05, 4.69) is 33.2 Å². The van der Waals surface area contributed by atoms with Crippen molar-refractivity contribution in [1.29, 1.82) is 0 Å². The third-order valence-electron chi connectivity index (χ3n) is 4.11. The normalized spacial score (nSPS) is 14.7. The Bertz CT molecular complexity index is 801. The van der Waals surface area contributed by atoms with Crippen molar-refractivity contribution in [3.63, 3.8) is 0 Å². The molecule has 0 radical (unpaired) electrons. The van der Waals surface area contributed by atoms with E-state index in [0.29, 0.717) is 25.5 Å². The van der Waals surface area contributed by atoms with Crippen molar-refractivity contribution < 1.29 is 9.26 Å². The fourth-order valence-electron chi connectivity index (χ4n) is 2.91. The first-order chi connectivity index (χ1) is 11.9. The summed E-state index contributed by atoms with van der Waals surface area (Å²) in [6.07, 6.45) is 0.691. The number of fused-ring (bicyclic) bond motifs is 1. The molecule has 1 aromatic heterocycles. The Kier molecular flexibility index (Phi) is 4.25. The molecule has 4 rings (SSSR count). The van der Waals surface area contributed by atoms with Crippen LogP contribution in [0.5, 0.6) is 5.75 Å². The summed E-state index contributed by atoms with van der Waals surface area (Å²) in [7, 11) is 0. The predicted molar refractivity (Wildman–Crippen MR) is 89.6 cm³/mol. The van der Waals surface area contributed by atoms with Crippen LogP contribution in [0.15, 0.2) is 59.1 Å². The van der Waals surface area contributed by atoms with Gasteiger partial charge in [0.2, 0.25) is 5.89 Å². The number of ether oxygens (including phenoxy) is 1. The van der Waals surface area contributed by atoms with E-state index in [0.717, 1.165) is 24.7 Å². The second-order valence-corrected chi connectivity index (χ2v) is 5.93. The molecule has 0 fully saturated rings. The molecule has 1 aliphatic rings. The minimum absolute atomic E-state index is 0.638. The second-order valence-electron chi connectivity index (χ2n) is 5.93. The Morgan fingerprint density at radius 2 is 1.83 bits per heavy atom. The summed E-state index contributed by atoms with van der Waals surface area (Å²) in [5, 5.41) is 4.10. The van der Waals surface area contributed by atoms with Gasteiger partial charge in [-0.05, 0) is 11.6 Å². The van der Waals surface area contributed by atoms with Crippen molar-refractivity contribution in [1.82, 2.24) is 15.0 Å². The molecule has 5 nitrogen and oxygen atoms in total. The molecule has 24 heavy (non-hydrogen) atoms. The summed E-state index contributed by atoms with van der Waals surface area (Å²) in [6.45, 7) is 2.97. The molecule has 0 spiro atoms. The molecule has 0 amide bonds. The third-order valence-corrected chi connectivity index (χ3v) is 4.11. The van der Waals surface area contributed by atoms with Gasteiger partial charge in [-0.1, -0.05) is 53.7 Å². The largest absolute Gasteiger partial charge is 0.492 e. The zero-order valence-corrected chi connectivity index (χ0v) is 13.4. The van der Waals surface area contributed by atoms with Crippen LogP contribution in [0.1, 0.15) is 22.8 Å². The van der Waals surface area contributed by atoms with E-state index in [4.69, 9.17) is 9.26 Å². The molecule has 5 heteroatoms. The lowest BCUT2D eigenvalue weighted by molar-refractivity contribution is 0.196. The Labute approximate surface area is 140 Å². The van der Waals surface area contributed by atoms with Gasteiger partial charge in [0.15, 0.2) is 5.82 Å². The van der Waals surface area contributed by atoms with Gasteiger partial charge in [0.05, 0.1) is 6.54 Å². The summed E-state index contributed by atoms with van der Waals surface area (Å²) < 4.78 is 11.2. The lowest BCUT2D eigenvalue weighted by atomic mass is 10.1. The second kappa shape index (κ2) is 6.84. The Morgan fingerprint density at radius 1 is 1.00 bits per heavy atom. The molecule has 0 bridgehead atoms. The fraction of sp³-hybridized carbons (Fsp3) is 0.263. The molecule has 2 heterocycles. The average Bonchev–Trinajstić information content (AvgIpc) is 2.93. The Morgan fingerprint density at radius 3 is 2.75 bits per heavy atom. The predicted octanol–water partition coefficient (Wildman–Crippen LogP) is 3.06. The van der Waals surface area contributed by atoms with E-state index < -0.39 is 0 Å². The lowest BCUT2D eigenvalue weighted by Gasteiger charge is -2.16. The third kappa shape index (κ3) is 3.46. The average molecular weight is 321 g/mol. The van der Waals surface area contributed by atoms with Crippen LogP contribution < -0.4 is 4.74 Å². The van der Waals surface area contributed by atoms with Gasteiger partial charge in [-0.2, -0.15) is 4.98 Å². The summed E-state index contributed by atoms with van der Waals surface area (Å²) in [5.74, 6) is 2.35. The first kappa shape index (κ1) is 14.9. The maximum absolute atomic E-state index is 5.79. The first-order valence-corrected chi connectivity index (χ1v) is 8.15. The van der Waals surface area contributed by atoms with Gasteiger partial charge < -0.3 is 9.26 Å². The minimum Gasteiger partial charge on any atom is -0.492 e. The van der Waals surface area contributed by atoms with Gasteiger partial charge in [-0.15, -0.1) is 0 Å². The minimum atomic E-state index is 0.638. The maximum atomic E-state index is 5.79. The van der Waals surface area contributed by atoms with Crippen molar-refractivity contribution in [2.24, 2.45) is 0 Å². The van der Waals surface area contributed by atoms with E-state index in [1.165, 1.54) is 11.1 Å². The topological polar surface area (TPSA) is 51.4 Å². The van der Waals surface area contributed by atoms with Crippen molar-refractivity contribution in [2.45, 2.75) is 19.5 Å². The molecule has 0 unspecified atom stereocenters. The van der Waals surface area contributed by atoms with Gasteiger partial charge in [0.1, 0.15) is 12.4 Å². The summed E-state index contributed by atoms with van der Waals surface area (Å²) >= 11 is 0. The van der Waals surface area contributed by atoms with Crippen LogP contribution in [0.3, 0.4) is 0 Å². The molecule has 0 saturated heterocycles. The van der Waals surface area contributed by atoms with E-state index in [1.54, 1.807) is 0 Å². The van der Waals surface area contributed by atoms with Gasteiger partial charge >= 0.3 is 0 Å². The highest BCUT2D eigenvalue weighted by molar-refractivity contribution is 5.33.